The number of amides is 2. The van der Waals surface area contributed by atoms with Crippen LogP contribution in [0, 0.1) is 19.8 Å². The highest BCUT2D eigenvalue weighted by molar-refractivity contribution is 5.96. The maximum atomic E-state index is 13.2. The van der Waals surface area contributed by atoms with Crippen LogP contribution in [-0.4, -0.2) is 36.3 Å². The largest absolute Gasteiger partial charge is 0.339 e. The molecule has 1 aliphatic rings. The van der Waals surface area contributed by atoms with Crippen molar-refractivity contribution in [2.45, 2.75) is 33.6 Å². The van der Waals surface area contributed by atoms with E-state index in [1.165, 1.54) is 0 Å². The van der Waals surface area contributed by atoms with E-state index < -0.39 is 0 Å². The van der Waals surface area contributed by atoms with Gasteiger partial charge in [0.1, 0.15) is 0 Å². The first-order valence-corrected chi connectivity index (χ1v) is 10.4. The van der Waals surface area contributed by atoms with Crippen LogP contribution in [0.2, 0.25) is 0 Å². The summed E-state index contributed by atoms with van der Waals surface area (Å²) in [5.74, 6) is 0.159. The predicted molar refractivity (Wildman–Crippen MR) is 119 cm³/mol. The molecule has 4 nitrogen and oxygen atoms in total. The van der Waals surface area contributed by atoms with Gasteiger partial charge in [-0.2, -0.15) is 0 Å². The van der Waals surface area contributed by atoms with Crippen LogP contribution in [0.15, 0.2) is 54.6 Å². The summed E-state index contributed by atoms with van der Waals surface area (Å²) in [5, 5.41) is 0. The van der Waals surface area contributed by atoms with Crippen LogP contribution in [0.25, 0.3) is 6.08 Å². The molecule has 1 saturated heterocycles. The maximum absolute atomic E-state index is 13.2. The summed E-state index contributed by atoms with van der Waals surface area (Å²) in [6, 6.07) is 16.0. The van der Waals surface area contributed by atoms with E-state index in [4.69, 9.17) is 0 Å². The minimum absolute atomic E-state index is 0.0154. The smallest absolute Gasteiger partial charge is 0.246 e. The van der Waals surface area contributed by atoms with Crippen molar-refractivity contribution in [2.24, 2.45) is 5.92 Å². The number of nitrogens with zero attached hydrogens (tertiary/aromatic N) is 2. The molecule has 0 saturated carbocycles. The van der Waals surface area contributed by atoms with Crippen LogP contribution in [0.3, 0.4) is 0 Å². The highest BCUT2D eigenvalue weighted by atomic mass is 16.2. The van der Waals surface area contributed by atoms with Gasteiger partial charge in [-0.05, 0) is 62.4 Å². The molecule has 2 aromatic rings. The highest BCUT2D eigenvalue weighted by Gasteiger charge is 2.30. The Morgan fingerprint density at radius 2 is 1.76 bits per heavy atom. The molecule has 0 aromatic heterocycles. The van der Waals surface area contributed by atoms with Crippen molar-refractivity contribution in [2.75, 3.05) is 24.5 Å². The first-order chi connectivity index (χ1) is 14.0. The molecule has 1 heterocycles. The van der Waals surface area contributed by atoms with Gasteiger partial charge in [0, 0.05) is 37.3 Å². The molecule has 0 bridgehead atoms. The van der Waals surface area contributed by atoms with E-state index in [0.29, 0.717) is 32.5 Å². The monoisotopic (exact) mass is 390 g/mol. The third-order valence-electron chi connectivity index (χ3n) is 5.61. The second-order valence-corrected chi connectivity index (χ2v) is 7.72. The van der Waals surface area contributed by atoms with Crippen LogP contribution >= 0.6 is 0 Å². The van der Waals surface area contributed by atoms with Crippen LogP contribution in [0.5, 0.6) is 0 Å². The van der Waals surface area contributed by atoms with Crippen molar-refractivity contribution >= 4 is 23.6 Å². The SMILES string of the molecule is CCN(C(=O)C1CCN(C(=O)C=Cc2ccccc2)CC1)c1cc(C)ccc1C. The summed E-state index contributed by atoms with van der Waals surface area (Å²) in [4.78, 5) is 29.4. The lowest BCUT2D eigenvalue weighted by molar-refractivity contribution is -0.130. The fourth-order valence-corrected chi connectivity index (χ4v) is 3.86. The number of piperidine rings is 1. The van der Waals surface area contributed by atoms with Crippen molar-refractivity contribution in [1.29, 1.82) is 0 Å². The van der Waals surface area contributed by atoms with Gasteiger partial charge in [0.05, 0.1) is 0 Å². The van der Waals surface area contributed by atoms with Gasteiger partial charge in [0.2, 0.25) is 11.8 Å². The molecule has 4 heteroatoms. The van der Waals surface area contributed by atoms with Gasteiger partial charge in [0.15, 0.2) is 0 Å². The normalized spacial score (nSPS) is 14.9. The van der Waals surface area contributed by atoms with Crippen molar-refractivity contribution in [3.63, 3.8) is 0 Å². The first kappa shape index (κ1) is 20.8. The van der Waals surface area contributed by atoms with E-state index in [1.54, 1.807) is 6.08 Å². The molecule has 0 spiro atoms. The summed E-state index contributed by atoms with van der Waals surface area (Å²) in [5.41, 5.74) is 4.28. The minimum atomic E-state index is -0.0305. The zero-order valence-corrected chi connectivity index (χ0v) is 17.6. The minimum Gasteiger partial charge on any atom is -0.339 e. The number of anilines is 1. The predicted octanol–water partition coefficient (Wildman–Crippen LogP) is 4.61. The van der Waals surface area contributed by atoms with Gasteiger partial charge < -0.3 is 9.80 Å². The fourth-order valence-electron chi connectivity index (χ4n) is 3.86. The number of carbonyl (C=O) groups is 2. The first-order valence-electron chi connectivity index (χ1n) is 10.4. The molecule has 0 N–H and O–H groups in total. The lowest BCUT2D eigenvalue weighted by Crippen LogP contribution is -2.44. The second kappa shape index (κ2) is 9.55. The lowest BCUT2D eigenvalue weighted by atomic mass is 9.94. The van der Waals surface area contributed by atoms with Gasteiger partial charge in [-0.25, -0.2) is 0 Å². The third-order valence-corrected chi connectivity index (χ3v) is 5.61. The molecule has 1 aliphatic heterocycles. The number of hydrogen-bond donors (Lipinski definition) is 0. The van der Waals surface area contributed by atoms with Crippen molar-refractivity contribution in [3.05, 3.63) is 71.3 Å². The van der Waals surface area contributed by atoms with Gasteiger partial charge in [-0.15, -0.1) is 0 Å². The number of aryl methyl sites for hydroxylation is 2. The van der Waals surface area contributed by atoms with E-state index in [2.05, 4.69) is 18.2 Å². The number of likely N-dealkylation sites (tertiary alicyclic amines) is 1. The van der Waals surface area contributed by atoms with E-state index in [0.717, 1.165) is 22.4 Å². The molecule has 2 aromatic carbocycles. The van der Waals surface area contributed by atoms with E-state index >= 15 is 0 Å². The molecule has 0 unspecified atom stereocenters. The zero-order chi connectivity index (χ0) is 20.8. The Morgan fingerprint density at radius 1 is 1.07 bits per heavy atom. The van der Waals surface area contributed by atoms with Crippen LogP contribution < -0.4 is 4.90 Å². The molecule has 0 radical (unpaired) electrons. The molecule has 2 amide bonds. The van der Waals surface area contributed by atoms with Gasteiger partial charge in [-0.3, -0.25) is 9.59 Å². The Kier molecular flexibility index (Phi) is 6.86. The topological polar surface area (TPSA) is 40.6 Å². The van der Waals surface area contributed by atoms with E-state index in [-0.39, 0.29) is 17.7 Å². The standard InChI is InChI=1S/C25H30N2O2/c1-4-27(23-18-19(2)10-11-20(23)3)25(29)22-14-16-26(17-15-22)24(28)13-12-21-8-6-5-7-9-21/h5-13,18,22H,4,14-17H2,1-3H3. The maximum Gasteiger partial charge on any atom is 0.246 e. The number of carbonyl (C=O) groups excluding carboxylic acids is 2. The average Bonchev–Trinajstić information content (AvgIpc) is 2.75. The molecule has 0 atom stereocenters. The molecule has 3 rings (SSSR count). The van der Waals surface area contributed by atoms with E-state index in [9.17, 15) is 9.59 Å². The third kappa shape index (κ3) is 5.14. The average molecular weight is 391 g/mol. The van der Waals surface area contributed by atoms with Crippen molar-refractivity contribution in [1.82, 2.24) is 4.90 Å². The molecule has 152 valence electrons. The Bertz CT molecular complexity index is 881. The Hall–Kier alpha value is -2.88. The number of rotatable bonds is 5. The molecular formula is C25H30N2O2. The van der Waals surface area contributed by atoms with Crippen LogP contribution in [-0.2, 0) is 9.59 Å². The van der Waals surface area contributed by atoms with Gasteiger partial charge >= 0.3 is 0 Å². The molecular weight excluding hydrogens is 360 g/mol. The lowest BCUT2D eigenvalue weighted by Gasteiger charge is -2.34. The number of benzene rings is 2. The quantitative estimate of drug-likeness (QED) is 0.700. The summed E-state index contributed by atoms with van der Waals surface area (Å²) < 4.78 is 0. The Balaban J connectivity index is 1.60. The number of hydrogen-bond acceptors (Lipinski definition) is 2. The van der Waals surface area contributed by atoms with Crippen LogP contribution in [0.4, 0.5) is 5.69 Å². The highest BCUT2D eigenvalue weighted by Crippen LogP contribution is 2.27. The van der Waals surface area contributed by atoms with Gasteiger partial charge in [-0.1, -0.05) is 42.5 Å². The summed E-state index contributed by atoms with van der Waals surface area (Å²) in [7, 11) is 0. The zero-order valence-electron chi connectivity index (χ0n) is 17.6. The Labute approximate surface area is 173 Å². The Morgan fingerprint density at radius 3 is 2.41 bits per heavy atom. The van der Waals surface area contributed by atoms with Gasteiger partial charge in [0.25, 0.3) is 0 Å². The molecule has 1 fully saturated rings. The van der Waals surface area contributed by atoms with E-state index in [1.807, 2.05) is 67.0 Å². The summed E-state index contributed by atoms with van der Waals surface area (Å²) >= 11 is 0. The molecule has 0 aliphatic carbocycles. The van der Waals surface area contributed by atoms with Crippen molar-refractivity contribution in [3.8, 4) is 0 Å². The molecule has 29 heavy (non-hydrogen) atoms. The van der Waals surface area contributed by atoms with Crippen molar-refractivity contribution < 1.29 is 9.59 Å². The summed E-state index contributed by atoms with van der Waals surface area (Å²) in [6.07, 6.45) is 4.90. The second-order valence-electron chi connectivity index (χ2n) is 7.72. The summed E-state index contributed by atoms with van der Waals surface area (Å²) in [6.45, 7) is 8.02. The fraction of sp³-hybridized carbons (Fsp3) is 0.360. The van der Waals surface area contributed by atoms with Crippen LogP contribution in [0.1, 0.15) is 36.5 Å².